The van der Waals surface area contributed by atoms with Crippen LogP contribution < -0.4 is 10.6 Å². The van der Waals surface area contributed by atoms with Gasteiger partial charge in [-0.15, -0.1) is 0 Å². The molecule has 1 aliphatic heterocycles. The molecule has 0 aromatic carbocycles. The number of hydrogen-bond donors (Lipinski definition) is 2. The molecule has 5 rings (SSSR count). The van der Waals surface area contributed by atoms with Crippen LogP contribution in [0.5, 0.6) is 0 Å². The highest BCUT2D eigenvalue weighted by Crippen LogP contribution is 2.48. The number of aryl methyl sites for hydroxylation is 1. The summed E-state index contributed by atoms with van der Waals surface area (Å²) in [4.78, 5) is 29.2. The van der Waals surface area contributed by atoms with Gasteiger partial charge in [0.25, 0.3) is 0 Å². The molecule has 2 saturated carbocycles. The van der Waals surface area contributed by atoms with Crippen LogP contribution in [0.1, 0.15) is 31.2 Å². The van der Waals surface area contributed by atoms with Crippen molar-refractivity contribution >= 4 is 22.8 Å². The molecule has 7 heteroatoms. The maximum Gasteiger partial charge on any atom is 0.243 e. The monoisotopic (exact) mass is 326 g/mol. The predicted octanol–water partition coefficient (Wildman–Crippen LogP) is 0.939. The highest BCUT2D eigenvalue weighted by molar-refractivity contribution is 5.92. The fraction of sp³-hybridized carbons (Fsp3) is 0.588. The summed E-state index contributed by atoms with van der Waals surface area (Å²) in [5.74, 6) is 1.14. The molecule has 3 aliphatic rings. The van der Waals surface area contributed by atoms with E-state index in [9.17, 15) is 4.79 Å². The van der Waals surface area contributed by atoms with Crippen molar-refractivity contribution < 1.29 is 4.79 Å². The van der Waals surface area contributed by atoms with Crippen molar-refractivity contribution in [1.29, 1.82) is 0 Å². The van der Waals surface area contributed by atoms with Crippen LogP contribution in [0, 0.1) is 6.92 Å². The molecule has 0 atom stereocenters. The molecule has 2 aliphatic carbocycles. The Morgan fingerprint density at radius 3 is 2.75 bits per heavy atom. The smallest absolute Gasteiger partial charge is 0.243 e. The molecular weight excluding hydrogens is 304 g/mol. The second-order valence-electron chi connectivity index (χ2n) is 7.65. The fourth-order valence-corrected chi connectivity index (χ4v) is 4.00. The summed E-state index contributed by atoms with van der Waals surface area (Å²) < 4.78 is 0. The van der Waals surface area contributed by atoms with Gasteiger partial charge in [0.1, 0.15) is 17.8 Å². The zero-order valence-corrected chi connectivity index (χ0v) is 13.9. The van der Waals surface area contributed by atoms with Crippen molar-refractivity contribution in [2.75, 3.05) is 24.5 Å². The zero-order valence-electron chi connectivity index (χ0n) is 13.9. The molecule has 0 bridgehead atoms. The summed E-state index contributed by atoms with van der Waals surface area (Å²) in [5.41, 5.74) is 7.59. The first kappa shape index (κ1) is 14.2. The number of nitrogens with two attached hydrogens (primary N) is 1. The second kappa shape index (κ2) is 4.47. The van der Waals surface area contributed by atoms with Crippen LogP contribution in [0.25, 0.3) is 11.0 Å². The number of piperazine rings is 1. The van der Waals surface area contributed by atoms with Crippen LogP contribution in [0.2, 0.25) is 0 Å². The van der Waals surface area contributed by atoms with Crippen molar-refractivity contribution in [3.05, 3.63) is 18.1 Å². The molecule has 7 nitrogen and oxygen atoms in total. The number of rotatable bonds is 2. The number of hydrogen-bond acceptors (Lipinski definition) is 5. The molecule has 126 valence electrons. The van der Waals surface area contributed by atoms with Gasteiger partial charge in [0, 0.05) is 25.8 Å². The number of anilines is 1. The molecular formula is C17H22N6O. The summed E-state index contributed by atoms with van der Waals surface area (Å²) >= 11 is 0. The molecule has 2 aromatic rings. The summed E-state index contributed by atoms with van der Waals surface area (Å²) in [7, 11) is 0. The van der Waals surface area contributed by atoms with Gasteiger partial charge in [-0.2, -0.15) is 0 Å². The summed E-state index contributed by atoms with van der Waals surface area (Å²) in [6.45, 7) is 4.43. The molecule has 1 amide bonds. The molecule has 1 spiro atoms. The van der Waals surface area contributed by atoms with Crippen LogP contribution in [0.4, 0.5) is 5.82 Å². The first-order chi connectivity index (χ1) is 11.5. The summed E-state index contributed by atoms with van der Waals surface area (Å²) in [5, 5.41) is 1.09. The Morgan fingerprint density at radius 2 is 2.04 bits per heavy atom. The van der Waals surface area contributed by atoms with E-state index in [2.05, 4.69) is 31.7 Å². The van der Waals surface area contributed by atoms with E-state index in [1.165, 1.54) is 0 Å². The van der Waals surface area contributed by atoms with E-state index in [0.717, 1.165) is 67.7 Å². The number of H-pyrrole nitrogens is 1. The number of nitrogens with zero attached hydrogens (tertiary/aromatic N) is 4. The Bertz CT molecular complexity index is 835. The lowest BCUT2D eigenvalue weighted by atomic mass is 10.1. The quantitative estimate of drug-likeness (QED) is 0.857. The van der Waals surface area contributed by atoms with Crippen molar-refractivity contribution in [2.45, 2.75) is 43.7 Å². The van der Waals surface area contributed by atoms with Crippen molar-refractivity contribution in [2.24, 2.45) is 5.73 Å². The highest BCUT2D eigenvalue weighted by atomic mass is 16.2. The van der Waals surface area contributed by atoms with Gasteiger partial charge in [-0.1, -0.05) is 0 Å². The predicted molar refractivity (Wildman–Crippen MR) is 90.7 cm³/mol. The number of amides is 1. The number of carbonyl (C=O) groups excluding carboxylic acids is 1. The van der Waals surface area contributed by atoms with Gasteiger partial charge in [0.2, 0.25) is 5.91 Å². The van der Waals surface area contributed by atoms with Crippen LogP contribution in [-0.4, -0.2) is 56.5 Å². The van der Waals surface area contributed by atoms with Crippen molar-refractivity contribution in [3.63, 3.8) is 0 Å². The number of fused-ring (bicyclic) bond motifs is 1. The van der Waals surface area contributed by atoms with E-state index in [0.29, 0.717) is 0 Å². The van der Waals surface area contributed by atoms with Gasteiger partial charge in [0.15, 0.2) is 0 Å². The molecule has 3 N–H and O–H groups in total. The Hall–Kier alpha value is -2.15. The largest absolute Gasteiger partial charge is 0.352 e. The zero-order chi connectivity index (χ0) is 16.5. The van der Waals surface area contributed by atoms with Gasteiger partial charge in [-0.05, 0) is 38.2 Å². The van der Waals surface area contributed by atoms with E-state index in [1.807, 2.05) is 6.20 Å². The Labute approximate surface area is 140 Å². The third kappa shape index (κ3) is 1.90. The van der Waals surface area contributed by atoms with Crippen LogP contribution >= 0.6 is 0 Å². The van der Waals surface area contributed by atoms with E-state index in [1.54, 1.807) is 6.33 Å². The normalized spacial score (nSPS) is 23.8. The number of carbonyl (C=O) groups is 1. The molecule has 2 aromatic heterocycles. The van der Waals surface area contributed by atoms with Gasteiger partial charge < -0.3 is 20.5 Å². The minimum atomic E-state index is -0.572. The van der Waals surface area contributed by atoms with Gasteiger partial charge >= 0.3 is 0 Å². The second-order valence-corrected chi connectivity index (χ2v) is 7.65. The van der Waals surface area contributed by atoms with E-state index in [4.69, 9.17) is 5.73 Å². The van der Waals surface area contributed by atoms with Crippen LogP contribution in [0.3, 0.4) is 0 Å². The van der Waals surface area contributed by atoms with Crippen molar-refractivity contribution in [3.8, 4) is 0 Å². The number of nitrogens with one attached hydrogen (secondary N) is 1. The minimum absolute atomic E-state index is 0.0359. The highest BCUT2D eigenvalue weighted by Gasteiger charge is 2.58. The van der Waals surface area contributed by atoms with Crippen molar-refractivity contribution in [1.82, 2.24) is 19.9 Å². The average molecular weight is 326 g/mol. The number of aromatic amines is 1. The third-order valence-corrected chi connectivity index (χ3v) is 5.88. The maximum atomic E-state index is 12.8. The first-order valence-electron chi connectivity index (χ1n) is 8.67. The lowest BCUT2D eigenvalue weighted by Gasteiger charge is -2.43. The lowest BCUT2D eigenvalue weighted by molar-refractivity contribution is -0.137. The van der Waals surface area contributed by atoms with E-state index in [-0.39, 0.29) is 11.4 Å². The minimum Gasteiger partial charge on any atom is -0.352 e. The van der Waals surface area contributed by atoms with Crippen LogP contribution in [0.15, 0.2) is 12.5 Å². The standard InChI is InChI=1S/C17H22N6O/c1-11-8-19-13-12(11)14(21-10-20-13)22-6-7-23(16(9-22)2-3-16)15(24)17(18)4-5-17/h8,10H,2-7,9,18H2,1H3,(H,19,20,21). The molecule has 0 radical (unpaired) electrons. The molecule has 3 heterocycles. The fourth-order valence-electron chi connectivity index (χ4n) is 4.00. The Kier molecular flexibility index (Phi) is 2.65. The van der Waals surface area contributed by atoms with Gasteiger partial charge in [-0.25, -0.2) is 9.97 Å². The Morgan fingerprint density at radius 1 is 1.25 bits per heavy atom. The summed E-state index contributed by atoms with van der Waals surface area (Å²) in [6.07, 6.45) is 7.37. The maximum absolute atomic E-state index is 12.8. The topological polar surface area (TPSA) is 91.1 Å². The van der Waals surface area contributed by atoms with Gasteiger partial charge in [-0.3, -0.25) is 4.79 Å². The van der Waals surface area contributed by atoms with Crippen LogP contribution in [-0.2, 0) is 4.79 Å². The molecule has 3 fully saturated rings. The van der Waals surface area contributed by atoms with E-state index >= 15 is 0 Å². The Balaban J connectivity index is 1.46. The third-order valence-electron chi connectivity index (χ3n) is 5.88. The molecule has 1 saturated heterocycles. The number of aromatic nitrogens is 3. The molecule has 0 unspecified atom stereocenters. The SMILES string of the molecule is Cc1c[nH]c2ncnc(N3CCN(C(=O)C4(N)CC4)C4(CC4)C3)c12. The average Bonchev–Trinajstić information content (AvgIpc) is 3.49. The van der Waals surface area contributed by atoms with E-state index < -0.39 is 5.54 Å². The van der Waals surface area contributed by atoms with Gasteiger partial charge in [0.05, 0.1) is 16.5 Å². The lowest BCUT2D eigenvalue weighted by Crippen LogP contribution is -2.61. The first-order valence-corrected chi connectivity index (χ1v) is 8.67. The molecule has 24 heavy (non-hydrogen) atoms. The summed E-state index contributed by atoms with van der Waals surface area (Å²) in [6, 6.07) is 0.